The van der Waals surface area contributed by atoms with Gasteiger partial charge in [0.1, 0.15) is 11.6 Å². The number of aromatic nitrogens is 2. The van der Waals surface area contributed by atoms with Gasteiger partial charge in [-0.25, -0.2) is 17.5 Å². The monoisotopic (exact) mass is 461 g/mol. The molecule has 1 aliphatic rings. The average molecular weight is 461 g/mol. The standard InChI is InChI=1S/C21H20FN3O6S/c1-29-17-8-12(9-18(30-2)19(17)31-3)21(26)23-20-15-10-32(27,28)11-16(15)24-25(20)14-6-4-13(22)5-7-14/h4-9H,10-11H2,1-3H3,(H,23,26). The van der Waals surface area contributed by atoms with Gasteiger partial charge in [-0.15, -0.1) is 0 Å². The molecular weight excluding hydrogens is 441 g/mol. The molecule has 0 fully saturated rings. The molecule has 0 atom stereocenters. The summed E-state index contributed by atoms with van der Waals surface area (Å²) in [4.78, 5) is 13.1. The maximum absolute atomic E-state index is 13.4. The van der Waals surface area contributed by atoms with Crippen molar-refractivity contribution < 1.29 is 31.8 Å². The Morgan fingerprint density at radius 1 is 1.03 bits per heavy atom. The van der Waals surface area contributed by atoms with E-state index in [2.05, 4.69) is 10.4 Å². The number of benzene rings is 2. The second-order valence-electron chi connectivity index (χ2n) is 7.06. The van der Waals surface area contributed by atoms with Crippen LogP contribution in [0.5, 0.6) is 17.2 Å². The van der Waals surface area contributed by atoms with Gasteiger partial charge in [-0.1, -0.05) is 0 Å². The van der Waals surface area contributed by atoms with E-state index in [4.69, 9.17) is 14.2 Å². The smallest absolute Gasteiger partial charge is 0.257 e. The van der Waals surface area contributed by atoms with Crippen LogP contribution in [0.1, 0.15) is 21.6 Å². The van der Waals surface area contributed by atoms with E-state index in [9.17, 15) is 17.6 Å². The van der Waals surface area contributed by atoms with E-state index < -0.39 is 21.6 Å². The minimum atomic E-state index is -3.36. The highest BCUT2D eigenvalue weighted by molar-refractivity contribution is 7.90. The lowest BCUT2D eigenvalue weighted by atomic mass is 10.1. The topological polar surface area (TPSA) is 109 Å². The maximum atomic E-state index is 13.4. The average Bonchev–Trinajstić information content (AvgIpc) is 3.25. The van der Waals surface area contributed by atoms with Crippen LogP contribution < -0.4 is 19.5 Å². The van der Waals surface area contributed by atoms with Crippen molar-refractivity contribution in [3.63, 3.8) is 0 Å². The molecule has 4 rings (SSSR count). The summed E-state index contributed by atoms with van der Waals surface area (Å²) in [5.41, 5.74) is 1.41. The quantitative estimate of drug-likeness (QED) is 0.601. The number of sulfone groups is 1. The third kappa shape index (κ3) is 3.86. The summed E-state index contributed by atoms with van der Waals surface area (Å²) in [6, 6.07) is 8.44. The van der Waals surface area contributed by atoms with Crippen molar-refractivity contribution in [3.8, 4) is 22.9 Å². The molecule has 32 heavy (non-hydrogen) atoms. The van der Waals surface area contributed by atoms with Crippen LogP contribution in [-0.2, 0) is 21.3 Å². The Bertz CT molecular complexity index is 1280. The number of nitrogens with one attached hydrogen (secondary N) is 1. The summed E-state index contributed by atoms with van der Waals surface area (Å²) in [7, 11) is 0.947. The summed E-state index contributed by atoms with van der Waals surface area (Å²) >= 11 is 0. The molecular formula is C21H20FN3O6S. The Balaban J connectivity index is 1.77. The molecule has 168 valence electrons. The second-order valence-corrected chi connectivity index (χ2v) is 9.13. The molecule has 0 saturated heterocycles. The van der Waals surface area contributed by atoms with Crippen molar-refractivity contribution in [2.24, 2.45) is 0 Å². The van der Waals surface area contributed by atoms with E-state index in [1.54, 1.807) is 0 Å². The number of fused-ring (bicyclic) bond motifs is 1. The van der Waals surface area contributed by atoms with Crippen LogP contribution in [-0.4, -0.2) is 45.4 Å². The molecule has 11 heteroatoms. The van der Waals surface area contributed by atoms with E-state index >= 15 is 0 Å². The molecule has 3 aromatic rings. The predicted molar refractivity (Wildman–Crippen MR) is 114 cm³/mol. The van der Waals surface area contributed by atoms with Gasteiger partial charge in [-0.2, -0.15) is 5.10 Å². The first-order chi connectivity index (χ1) is 15.3. The number of hydrogen-bond donors (Lipinski definition) is 1. The largest absolute Gasteiger partial charge is 0.493 e. The van der Waals surface area contributed by atoms with Gasteiger partial charge in [0.05, 0.1) is 44.2 Å². The number of methoxy groups -OCH3 is 3. The van der Waals surface area contributed by atoms with E-state index in [-0.39, 0.29) is 34.4 Å². The Morgan fingerprint density at radius 2 is 1.66 bits per heavy atom. The predicted octanol–water partition coefficient (Wildman–Crippen LogP) is 2.72. The molecule has 0 aliphatic carbocycles. The molecule has 1 aromatic heterocycles. The minimum absolute atomic E-state index is 0.195. The second kappa shape index (κ2) is 8.15. The summed E-state index contributed by atoms with van der Waals surface area (Å²) < 4.78 is 54.9. The van der Waals surface area contributed by atoms with Gasteiger partial charge >= 0.3 is 0 Å². The van der Waals surface area contributed by atoms with Crippen molar-refractivity contribution in [1.82, 2.24) is 9.78 Å². The fourth-order valence-electron chi connectivity index (χ4n) is 3.53. The lowest BCUT2D eigenvalue weighted by molar-refractivity contribution is 0.102. The maximum Gasteiger partial charge on any atom is 0.257 e. The van der Waals surface area contributed by atoms with Crippen molar-refractivity contribution in [2.75, 3.05) is 26.6 Å². The number of carbonyl (C=O) groups excluding carboxylic acids is 1. The molecule has 1 N–H and O–H groups in total. The Hall–Kier alpha value is -3.60. The molecule has 1 amide bonds. The van der Waals surface area contributed by atoms with E-state index in [1.807, 2.05) is 0 Å². The number of amides is 1. The summed E-state index contributed by atoms with van der Waals surface area (Å²) in [6.45, 7) is 0. The zero-order valence-corrected chi connectivity index (χ0v) is 18.3. The fraction of sp³-hybridized carbons (Fsp3) is 0.238. The van der Waals surface area contributed by atoms with E-state index in [1.165, 1.54) is 62.4 Å². The molecule has 0 saturated carbocycles. The van der Waals surface area contributed by atoms with Crippen molar-refractivity contribution in [3.05, 3.63) is 59.0 Å². The lowest BCUT2D eigenvalue weighted by Gasteiger charge is -2.15. The zero-order valence-electron chi connectivity index (χ0n) is 17.5. The third-order valence-electron chi connectivity index (χ3n) is 5.02. The highest BCUT2D eigenvalue weighted by Crippen LogP contribution is 2.39. The SMILES string of the molecule is COc1cc(C(=O)Nc2c3c(nn2-c2ccc(F)cc2)CS(=O)(=O)C3)cc(OC)c1OC. The van der Waals surface area contributed by atoms with Crippen LogP contribution in [0.3, 0.4) is 0 Å². The summed E-state index contributed by atoms with van der Waals surface area (Å²) in [6.07, 6.45) is 0. The number of anilines is 1. The number of nitrogens with zero attached hydrogens (tertiary/aromatic N) is 2. The normalized spacial score (nSPS) is 14.0. The molecule has 2 heterocycles. The molecule has 2 aromatic carbocycles. The fourth-order valence-corrected chi connectivity index (χ4v) is 5.03. The van der Waals surface area contributed by atoms with Gasteiger partial charge in [0.2, 0.25) is 5.75 Å². The van der Waals surface area contributed by atoms with Gasteiger partial charge < -0.3 is 19.5 Å². The van der Waals surface area contributed by atoms with Crippen molar-refractivity contribution in [1.29, 1.82) is 0 Å². The number of hydrogen-bond acceptors (Lipinski definition) is 7. The van der Waals surface area contributed by atoms with Gasteiger partial charge in [-0.3, -0.25) is 4.79 Å². The van der Waals surface area contributed by atoms with E-state index in [0.717, 1.165) is 0 Å². The summed E-state index contributed by atoms with van der Waals surface area (Å²) in [5, 5.41) is 7.11. The Kier molecular flexibility index (Phi) is 5.51. The van der Waals surface area contributed by atoms with Crippen LogP contribution in [0.2, 0.25) is 0 Å². The van der Waals surface area contributed by atoms with Crippen LogP contribution in [0.25, 0.3) is 5.69 Å². The minimum Gasteiger partial charge on any atom is -0.493 e. The highest BCUT2D eigenvalue weighted by atomic mass is 32.2. The summed E-state index contributed by atoms with van der Waals surface area (Å²) in [5.74, 6) is -0.355. The van der Waals surface area contributed by atoms with Gasteiger partial charge in [0.15, 0.2) is 21.3 Å². The first-order valence-corrected chi connectivity index (χ1v) is 11.3. The van der Waals surface area contributed by atoms with Crippen molar-refractivity contribution in [2.45, 2.75) is 11.5 Å². The number of ether oxygens (including phenoxy) is 3. The molecule has 0 spiro atoms. The van der Waals surface area contributed by atoms with Crippen LogP contribution >= 0.6 is 0 Å². The molecule has 0 radical (unpaired) electrons. The Labute approximate surface area is 183 Å². The van der Waals surface area contributed by atoms with Gasteiger partial charge in [0, 0.05) is 11.1 Å². The van der Waals surface area contributed by atoms with Crippen molar-refractivity contribution >= 4 is 21.6 Å². The lowest BCUT2D eigenvalue weighted by Crippen LogP contribution is -2.17. The molecule has 9 nitrogen and oxygen atoms in total. The van der Waals surface area contributed by atoms with Gasteiger partial charge in [-0.05, 0) is 36.4 Å². The Morgan fingerprint density at radius 3 is 2.22 bits per heavy atom. The number of halogens is 1. The van der Waals surface area contributed by atoms with Crippen LogP contribution in [0.4, 0.5) is 10.2 Å². The molecule has 0 bridgehead atoms. The number of carbonyl (C=O) groups is 1. The third-order valence-corrected chi connectivity index (χ3v) is 6.46. The zero-order chi connectivity index (χ0) is 23.0. The molecule has 0 unspecified atom stereocenters. The highest BCUT2D eigenvalue weighted by Gasteiger charge is 2.33. The first kappa shape index (κ1) is 21.6. The van der Waals surface area contributed by atoms with Crippen LogP contribution in [0.15, 0.2) is 36.4 Å². The van der Waals surface area contributed by atoms with Crippen LogP contribution in [0, 0.1) is 5.82 Å². The first-order valence-electron chi connectivity index (χ1n) is 9.44. The number of rotatable bonds is 6. The van der Waals surface area contributed by atoms with Gasteiger partial charge in [0.25, 0.3) is 5.91 Å². The molecule has 1 aliphatic heterocycles. The van der Waals surface area contributed by atoms with E-state index in [0.29, 0.717) is 22.7 Å².